The number of carbonyl (C=O) groups is 2. The highest BCUT2D eigenvalue weighted by molar-refractivity contribution is 5.75. The van der Waals surface area contributed by atoms with Gasteiger partial charge in [0.1, 0.15) is 11.4 Å². The third kappa shape index (κ3) is 8.86. The van der Waals surface area contributed by atoms with Crippen LogP contribution >= 0.6 is 0 Å². The second kappa shape index (κ2) is 15.1. The zero-order valence-corrected chi connectivity index (χ0v) is 26.8. The molecule has 0 bridgehead atoms. The number of anilines is 6. The lowest BCUT2D eigenvalue weighted by molar-refractivity contribution is -0.137. The molecule has 0 unspecified atom stereocenters. The van der Waals surface area contributed by atoms with Crippen molar-refractivity contribution in [2.24, 2.45) is 0 Å². The molecule has 2 aliphatic rings. The standard InChI is InChI=1S/C31H33F7N8O4/c1-18(47)43-7-11-45(12-8-43)20-3-5-23(25(15-20)49-28(32)33)40-27-22(31(36,37)38)17-39-30(42-27)41-24-6-4-21(16-26(24)50-29(34)35)46-13-9-44(10-14-46)19(2)48/h3-6,15-17,28-29H,7-14H2,1-2H3,(H2,39,40,41,42). The Morgan fingerprint density at radius 2 is 1.16 bits per heavy atom. The van der Waals surface area contributed by atoms with Crippen LogP contribution < -0.4 is 29.9 Å². The Labute approximate surface area is 281 Å². The van der Waals surface area contributed by atoms with E-state index >= 15 is 0 Å². The fourth-order valence-corrected chi connectivity index (χ4v) is 5.56. The van der Waals surface area contributed by atoms with Crippen molar-refractivity contribution in [3.05, 3.63) is 48.2 Å². The zero-order chi connectivity index (χ0) is 36.2. The number of amides is 2. The minimum Gasteiger partial charge on any atom is -0.433 e. The lowest BCUT2D eigenvalue weighted by Crippen LogP contribution is -2.48. The number of piperazine rings is 2. The topological polar surface area (TPSA) is 115 Å². The summed E-state index contributed by atoms with van der Waals surface area (Å²) in [5.41, 5.74) is -0.785. The summed E-state index contributed by atoms with van der Waals surface area (Å²) in [6.45, 7) is -0.472. The van der Waals surface area contributed by atoms with Gasteiger partial charge in [-0.15, -0.1) is 0 Å². The van der Waals surface area contributed by atoms with E-state index in [1.807, 2.05) is 9.80 Å². The Morgan fingerprint density at radius 1 is 0.720 bits per heavy atom. The largest absolute Gasteiger partial charge is 0.433 e. The first-order valence-electron chi connectivity index (χ1n) is 15.3. The quantitative estimate of drug-likeness (QED) is 0.260. The van der Waals surface area contributed by atoms with Crippen molar-refractivity contribution >= 4 is 46.3 Å². The second-order valence-corrected chi connectivity index (χ2v) is 11.3. The maximum Gasteiger partial charge on any atom is 0.421 e. The first-order valence-corrected chi connectivity index (χ1v) is 15.3. The molecule has 0 spiro atoms. The molecular weight excluding hydrogens is 681 g/mol. The fourth-order valence-electron chi connectivity index (χ4n) is 5.56. The first-order chi connectivity index (χ1) is 23.7. The molecule has 3 aromatic rings. The van der Waals surface area contributed by atoms with Crippen molar-refractivity contribution in [2.45, 2.75) is 33.2 Å². The average Bonchev–Trinajstić information content (AvgIpc) is 3.05. The SMILES string of the molecule is CC(=O)N1CCN(c2ccc(Nc3ncc(C(F)(F)F)c(Nc4ccc(N5CCN(C(C)=O)CC5)cc4OC(F)F)n3)c(OC(F)F)c2)CC1. The number of ether oxygens (including phenoxy) is 2. The Bertz CT molecular complexity index is 1680. The fraction of sp³-hybridized carbons (Fsp3) is 0.419. The van der Waals surface area contributed by atoms with Crippen LogP contribution in [0.25, 0.3) is 0 Å². The van der Waals surface area contributed by atoms with Crippen LogP contribution in [0.3, 0.4) is 0 Å². The van der Waals surface area contributed by atoms with E-state index in [1.54, 1.807) is 15.9 Å². The molecule has 12 nitrogen and oxygen atoms in total. The number of nitrogens with zero attached hydrogens (tertiary/aromatic N) is 6. The number of nitrogens with one attached hydrogen (secondary N) is 2. The van der Waals surface area contributed by atoms with E-state index in [0.717, 1.165) is 0 Å². The second-order valence-electron chi connectivity index (χ2n) is 11.3. The van der Waals surface area contributed by atoms with E-state index in [1.165, 1.54) is 44.2 Å². The monoisotopic (exact) mass is 714 g/mol. The third-order valence-electron chi connectivity index (χ3n) is 8.14. The number of alkyl halides is 7. The first kappa shape index (κ1) is 36.1. The molecule has 270 valence electrons. The Balaban J connectivity index is 1.42. The highest BCUT2D eigenvalue weighted by Crippen LogP contribution is 2.40. The van der Waals surface area contributed by atoms with Crippen molar-refractivity contribution in [3.8, 4) is 11.5 Å². The number of aromatic nitrogens is 2. The predicted octanol–water partition coefficient (Wildman–Crippen LogP) is 5.52. The van der Waals surface area contributed by atoms with Gasteiger partial charge in [0.2, 0.25) is 17.8 Å². The van der Waals surface area contributed by atoms with Crippen LogP contribution in [0.4, 0.5) is 65.2 Å². The summed E-state index contributed by atoms with van der Waals surface area (Å²) in [5.74, 6) is -2.32. The molecule has 2 aromatic carbocycles. The predicted molar refractivity (Wildman–Crippen MR) is 169 cm³/mol. The molecule has 2 amide bonds. The molecule has 0 saturated carbocycles. The van der Waals surface area contributed by atoms with Crippen LogP contribution in [0.2, 0.25) is 0 Å². The Hall–Kier alpha value is -5.23. The smallest absolute Gasteiger partial charge is 0.421 e. The van der Waals surface area contributed by atoms with Gasteiger partial charge in [0.15, 0.2) is 11.5 Å². The highest BCUT2D eigenvalue weighted by Gasteiger charge is 2.36. The van der Waals surface area contributed by atoms with E-state index in [-0.39, 0.29) is 28.9 Å². The van der Waals surface area contributed by atoms with Crippen molar-refractivity contribution in [2.75, 3.05) is 72.8 Å². The molecule has 0 aliphatic carbocycles. The summed E-state index contributed by atoms with van der Waals surface area (Å²) in [7, 11) is 0. The van der Waals surface area contributed by atoms with E-state index in [0.29, 0.717) is 69.9 Å². The van der Waals surface area contributed by atoms with Gasteiger partial charge in [-0.25, -0.2) is 4.98 Å². The van der Waals surface area contributed by atoms with Gasteiger partial charge < -0.3 is 39.7 Å². The summed E-state index contributed by atoms with van der Waals surface area (Å²) in [5, 5.41) is 5.02. The average molecular weight is 715 g/mol. The van der Waals surface area contributed by atoms with Gasteiger partial charge in [-0.2, -0.15) is 35.7 Å². The third-order valence-corrected chi connectivity index (χ3v) is 8.14. The number of halogens is 7. The highest BCUT2D eigenvalue weighted by atomic mass is 19.4. The minimum atomic E-state index is -4.99. The van der Waals surface area contributed by atoms with Crippen LogP contribution in [0, 0.1) is 0 Å². The maximum absolute atomic E-state index is 14.1. The van der Waals surface area contributed by atoms with Gasteiger partial charge in [-0.3, -0.25) is 9.59 Å². The van der Waals surface area contributed by atoms with Crippen LogP contribution in [0.5, 0.6) is 11.5 Å². The molecule has 5 rings (SSSR count). The molecule has 1 aromatic heterocycles. The summed E-state index contributed by atoms with van der Waals surface area (Å²) >= 11 is 0. The Morgan fingerprint density at radius 3 is 1.56 bits per heavy atom. The number of carbonyl (C=O) groups excluding carboxylic acids is 2. The molecule has 19 heteroatoms. The molecular formula is C31H33F7N8O4. The van der Waals surface area contributed by atoms with Gasteiger partial charge in [-0.05, 0) is 24.3 Å². The van der Waals surface area contributed by atoms with Crippen molar-refractivity contribution in [3.63, 3.8) is 0 Å². The number of hydrogen-bond donors (Lipinski definition) is 2. The van der Waals surface area contributed by atoms with Gasteiger partial charge in [0, 0.05) is 95.9 Å². The van der Waals surface area contributed by atoms with Gasteiger partial charge in [-0.1, -0.05) is 0 Å². The molecule has 2 saturated heterocycles. The van der Waals surface area contributed by atoms with Crippen molar-refractivity contribution in [1.82, 2.24) is 19.8 Å². The van der Waals surface area contributed by atoms with Crippen LogP contribution in [-0.4, -0.2) is 97.2 Å². The number of rotatable bonds is 10. The van der Waals surface area contributed by atoms with Crippen LogP contribution in [0.1, 0.15) is 19.4 Å². The van der Waals surface area contributed by atoms with Gasteiger partial charge in [0.05, 0.1) is 11.4 Å². The number of benzene rings is 2. The summed E-state index contributed by atoms with van der Waals surface area (Å²) in [6.07, 6.45) is -4.54. The molecule has 2 aliphatic heterocycles. The zero-order valence-electron chi connectivity index (χ0n) is 26.8. The molecule has 50 heavy (non-hydrogen) atoms. The van der Waals surface area contributed by atoms with Crippen molar-refractivity contribution in [1.29, 1.82) is 0 Å². The van der Waals surface area contributed by atoms with E-state index in [2.05, 4.69) is 25.3 Å². The van der Waals surface area contributed by atoms with E-state index < -0.39 is 42.5 Å². The molecule has 0 radical (unpaired) electrons. The van der Waals surface area contributed by atoms with Crippen LogP contribution in [-0.2, 0) is 15.8 Å². The molecule has 2 fully saturated rings. The van der Waals surface area contributed by atoms with Gasteiger partial charge >= 0.3 is 19.4 Å². The molecule has 3 heterocycles. The summed E-state index contributed by atoms with van der Waals surface area (Å²) in [4.78, 5) is 37.9. The lowest BCUT2D eigenvalue weighted by Gasteiger charge is -2.36. The normalized spacial score (nSPS) is 15.4. The summed E-state index contributed by atoms with van der Waals surface area (Å²) < 4.78 is 105. The minimum absolute atomic E-state index is 0.0909. The Kier molecular flexibility index (Phi) is 10.9. The molecule has 2 N–H and O–H groups in total. The van der Waals surface area contributed by atoms with Crippen molar-refractivity contribution < 1.29 is 49.8 Å². The van der Waals surface area contributed by atoms with E-state index in [4.69, 9.17) is 4.74 Å². The number of hydrogen-bond acceptors (Lipinski definition) is 10. The summed E-state index contributed by atoms with van der Waals surface area (Å²) in [6, 6.07) is 8.24. The van der Waals surface area contributed by atoms with Gasteiger partial charge in [0.25, 0.3) is 0 Å². The van der Waals surface area contributed by atoms with E-state index in [9.17, 15) is 40.3 Å². The lowest BCUT2D eigenvalue weighted by atomic mass is 10.2. The van der Waals surface area contributed by atoms with Crippen LogP contribution in [0.15, 0.2) is 42.6 Å². The molecule has 0 atom stereocenters. The maximum atomic E-state index is 14.1.